The summed E-state index contributed by atoms with van der Waals surface area (Å²) in [5.41, 5.74) is 0.785. The number of ether oxygens (including phenoxy) is 1. The van der Waals surface area contributed by atoms with E-state index in [-0.39, 0.29) is 31.0 Å². The number of benzene rings is 1. The molecule has 1 atom stereocenters. The minimum atomic E-state index is -0.972. The zero-order valence-electron chi connectivity index (χ0n) is 13.5. The van der Waals surface area contributed by atoms with Crippen LogP contribution in [-0.4, -0.2) is 36.1 Å². The number of hydrogen-bond acceptors (Lipinski definition) is 3. The molecule has 24 heavy (non-hydrogen) atoms. The molecule has 0 radical (unpaired) electrons. The summed E-state index contributed by atoms with van der Waals surface area (Å²) in [5, 5.41) is 2.70. The normalized spacial score (nSPS) is 11.7. The Hall–Kier alpha value is -2.70. The minimum absolute atomic E-state index is 0.141. The van der Waals surface area contributed by atoms with Crippen LogP contribution >= 0.6 is 0 Å². The van der Waals surface area contributed by atoms with Crippen LogP contribution in [-0.2, 0) is 0 Å². The topological polar surface area (TPSA) is 54.5 Å². The summed E-state index contributed by atoms with van der Waals surface area (Å²) in [5.74, 6) is -1.69. The van der Waals surface area contributed by atoms with Crippen molar-refractivity contribution in [3.63, 3.8) is 0 Å². The van der Waals surface area contributed by atoms with Gasteiger partial charge in [-0.2, -0.15) is 0 Å². The predicted molar refractivity (Wildman–Crippen MR) is 85.7 cm³/mol. The number of nitrogens with one attached hydrogen (secondary N) is 1. The van der Waals surface area contributed by atoms with Crippen molar-refractivity contribution in [3.8, 4) is 5.75 Å². The van der Waals surface area contributed by atoms with E-state index in [1.165, 1.54) is 11.0 Å². The average Bonchev–Trinajstić information content (AvgIpc) is 2.61. The Kier molecular flexibility index (Phi) is 6.06. The number of pyridine rings is 1. The van der Waals surface area contributed by atoms with E-state index in [0.29, 0.717) is 0 Å². The Morgan fingerprint density at radius 1 is 1.29 bits per heavy atom. The molecule has 128 valence electrons. The number of rotatable bonds is 6. The second kappa shape index (κ2) is 8.24. The van der Waals surface area contributed by atoms with Gasteiger partial charge in [-0.15, -0.1) is 0 Å². The SMILES string of the molecule is CC(c1ccccn1)N(C)C(=O)NCCOc1ccc(F)c(F)c1. The maximum atomic E-state index is 13.0. The highest BCUT2D eigenvalue weighted by Crippen LogP contribution is 2.16. The zero-order chi connectivity index (χ0) is 17.5. The Morgan fingerprint density at radius 3 is 2.75 bits per heavy atom. The van der Waals surface area contributed by atoms with Crippen molar-refractivity contribution < 1.29 is 18.3 Å². The summed E-state index contributed by atoms with van der Waals surface area (Å²) >= 11 is 0. The fourth-order valence-corrected chi connectivity index (χ4v) is 2.02. The van der Waals surface area contributed by atoms with Crippen LogP contribution in [0, 0.1) is 11.6 Å². The van der Waals surface area contributed by atoms with E-state index >= 15 is 0 Å². The Labute approximate surface area is 139 Å². The number of carbonyl (C=O) groups excluding carboxylic acids is 1. The van der Waals surface area contributed by atoms with Gasteiger partial charge in [-0.3, -0.25) is 4.98 Å². The van der Waals surface area contributed by atoms with Crippen LogP contribution in [0.3, 0.4) is 0 Å². The fraction of sp³-hybridized carbons (Fsp3) is 0.294. The molecule has 1 unspecified atom stereocenters. The molecule has 0 fully saturated rings. The Bertz CT molecular complexity index is 683. The van der Waals surface area contributed by atoms with Crippen molar-refractivity contribution in [2.45, 2.75) is 13.0 Å². The van der Waals surface area contributed by atoms with Gasteiger partial charge in [0.2, 0.25) is 0 Å². The smallest absolute Gasteiger partial charge is 0.317 e. The third-order valence-electron chi connectivity index (χ3n) is 3.56. The van der Waals surface area contributed by atoms with Gasteiger partial charge in [0, 0.05) is 19.3 Å². The van der Waals surface area contributed by atoms with E-state index in [9.17, 15) is 13.6 Å². The molecule has 0 aliphatic heterocycles. The lowest BCUT2D eigenvalue weighted by Gasteiger charge is -2.24. The first-order chi connectivity index (χ1) is 11.5. The molecule has 0 aliphatic carbocycles. The fourth-order valence-electron chi connectivity index (χ4n) is 2.02. The molecule has 1 N–H and O–H groups in total. The van der Waals surface area contributed by atoms with Crippen molar-refractivity contribution in [2.75, 3.05) is 20.2 Å². The molecule has 2 rings (SSSR count). The van der Waals surface area contributed by atoms with Gasteiger partial charge in [0.15, 0.2) is 11.6 Å². The summed E-state index contributed by atoms with van der Waals surface area (Å²) in [6.07, 6.45) is 1.67. The summed E-state index contributed by atoms with van der Waals surface area (Å²) in [6.45, 7) is 2.25. The van der Waals surface area contributed by atoms with E-state index in [1.54, 1.807) is 13.2 Å². The van der Waals surface area contributed by atoms with Gasteiger partial charge in [0.05, 0.1) is 18.3 Å². The van der Waals surface area contributed by atoms with Gasteiger partial charge < -0.3 is 15.0 Å². The molecule has 1 aromatic heterocycles. The summed E-state index contributed by atoms with van der Waals surface area (Å²) in [6, 6.07) is 8.35. The highest BCUT2D eigenvalue weighted by atomic mass is 19.2. The molecule has 0 saturated heterocycles. The lowest BCUT2D eigenvalue weighted by molar-refractivity contribution is 0.190. The second-order valence-electron chi connectivity index (χ2n) is 5.20. The van der Waals surface area contributed by atoms with Gasteiger partial charge in [-0.05, 0) is 31.2 Å². The second-order valence-corrected chi connectivity index (χ2v) is 5.20. The first-order valence-corrected chi connectivity index (χ1v) is 7.48. The number of aromatic nitrogens is 1. The molecule has 2 aromatic rings. The standard InChI is InChI=1S/C17H19F2N3O2/c1-12(16-5-3-4-8-20-16)22(2)17(23)21-9-10-24-13-6-7-14(18)15(19)11-13/h3-8,11-12H,9-10H2,1-2H3,(H,21,23). The van der Waals surface area contributed by atoms with Crippen molar-refractivity contribution in [2.24, 2.45) is 0 Å². The highest BCUT2D eigenvalue weighted by Gasteiger charge is 2.17. The van der Waals surface area contributed by atoms with E-state index < -0.39 is 11.6 Å². The van der Waals surface area contributed by atoms with Crippen molar-refractivity contribution >= 4 is 6.03 Å². The molecule has 7 heteroatoms. The predicted octanol–water partition coefficient (Wildman–Crippen LogP) is 3.14. The molecule has 1 heterocycles. The highest BCUT2D eigenvalue weighted by molar-refractivity contribution is 5.74. The maximum absolute atomic E-state index is 13.0. The average molecular weight is 335 g/mol. The summed E-state index contributed by atoms with van der Waals surface area (Å²) in [4.78, 5) is 17.8. The van der Waals surface area contributed by atoms with Crippen LogP contribution in [0.5, 0.6) is 5.75 Å². The Balaban J connectivity index is 1.77. The van der Waals surface area contributed by atoms with Crippen LogP contribution in [0.25, 0.3) is 0 Å². The summed E-state index contributed by atoms with van der Waals surface area (Å²) in [7, 11) is 1.67. The molecular formula is C17H19F2N3O2. The first kappa shape index (κ1) is 17.7. The number of nitrogens with zero attached hydrogens (tertiary/aromatic N) is 2. The number of carbonyl (C=O) groups is 1. The molecule has 1 aromatic carbocycles. The quantitative estimate of drug-likeness (QED) is 0.825. The molecule has 2 amide bonds. The maximum Gasteiger partial charge on any atom is 0.317 e. The van der Waals surface area contributed by atoms with E-state index in [0.717, 1.165) is 17.8 Å². The van der Waals surface area contributed by atoms with Crippen molar-refractivity contribution in [1.82, 2.24) is 15.2 Å². The third-order valence-corrected chi connectivity index (χ3v) is 3.56. The summed E-state index contributed by atoms with van der Waals surface area (Å²) < 4.78 is 31.1. The molecule has 0 bridgehead atoms. The lowest BCUT2D eigenvalue weighted by atomic mass is 10.2. The number of amides is 2. The van der Waals surface area contributed by atoms with Gasteiger partial charge in [0.1, 0.15) is 12.4 Å². The van der Waals surface area contributed by atoms with E-state index in [2.05, 4.69) is 10.3 Å². The van der Waals surface area contributed by atoms with Crippen LogP contribution in [0.15, 0.2) is 42.6 Å². The van der Waals surface area contributed by atoms with Gasteiger partial charge in [-0.25, -0.2) is 13.6 Å². The number of halogens is 2. The monoisotopic (exact) mass is 335 g/mol. The van der Waals surface area contributed by atoms with Gasteiger partial charge in [0.25, 0.3) is 0 Å². The number of hydrogen-bond donors (Lipinski definition) is 1. The van der Waals surface area contributed by atoms with Crippen LogP contribution in [0.1, 0.15) is 18.7 Å². The molecule has 5 nitrogen and oxygen atoms in total. The minimum Gasteiger partial charge on any atom is -0.492 e. The van der Waals surface area contributed by atoms with Crippen LogP contribution in [0.2, 0.25) is 0 Å². The van der Waals surface area contributed by atoms with E-state index in [4.69, 9.17) is 4.74 Å². The van der Waals surface area contributed by atoms with Gasteiger partial charge >= 0.3 is 6.03 Å². The molecule has 0 aliphatic rings. The first-order valence-electron chi connectivity index (χ1n) is 7.48. The van der Waals surface area contributed by atoms with Crippen molar-refractivity contribution in [3.05, 3.63) is 59.9 Å². The lowest BCUT2D eigenvalue weighted by Crippen LogP contribution is -2.40. The van der Waals surface area contributed by atoms with E-state index in [1.807, 2.05) is 25.1 Å². The Morgan fingerprint density at radius 2 is 2.08 bits per heavy atom. The zero-order valence-corrected chi connectivity index (χ0v) is 13.5. The molecule has 0 saturated carbocycles. The largest absolute Gasteiger partial charge is 0.492 e. The van der Waals surface area contributed by atoms with Crippen LogP contribution in [0.4, 0.5) is 13.6 Å². The number of urea groups is 1. The van der Waals surface area contributed by atoms with Crippen LogP contribution < -0.4 is 10.1 Å². The van der Waals surface area contributed by atoms with Gasteiger partial charge in [-0.1, -0.05) is 6.07 Å². The third kappa shape index (κ3) is 4.65. The van der Waals surface area contributed by atoms with Crippen molar-refractivity contribution in [1.29, 1.82) is 0 Å². The molecule has 0 spiro atoms. The molecular weight excluding hydrogens is 316 g/mol.